The minimum Gasteiger partial charge on any atom is -0.485 e. The normalized spacial score (nSPS) is 16.7. The number of likely N-dealkylation sites (tertiary alicyclic amines) is 1. The minimum absolute atomic E-state index is 0.100. The summed E-state index contributed by atoms with van der Waals surface area (Å²) in [5.74, 6) is -4.91. The lowest BCUT2D eigenvalue weighted by Gasteiger charge is -2.25. The molecule has 2 aliphatic rings. The fourth-order valence-electron chi connectivity index (χ4n) is 6.77. The topological polar surface area (TPSA) is 289 Å². The van der Waals surface area contributed by atoms with Crippen LogP contribution in [-0.4, -0.2) is 103 Å². The molecule has 2 aromatic carbocycles. The molecule has 2 heterocycles. The molecule has 2 aromatic rings. The molecule has 3 unspecified atom stereocenters. The lowest BCUT2D eigenvalue weighted by Crippen LogP contribution is -2.36. The van der Waals surface area contributed by atoms with Crippen LogP contribution >= 0.6 is 0 Å². The van der Waals surface area contributed by atoms with E-state index in [0.717, 1.165) is 0 Å². The molecule has 0 radical (unpaired) electrons. The average Bonchev–Trinajstić information content (AvgIpc) is 3.93. The van der Waals surface area contributed by atoms with Crippen LogP contribution in [0.3, 0.4) is 0 Å². The van der Waals surface area contributed by atoms with Gasteiger partial charge in [-0.05, 0) is 96.8 Å². The molecule has 4 rings (SSSR count). The standard InChI is InChI=1S/C42H57F6N11O8/c1-40(2,3)67-39(64)59-15-11-26(22-59)66-36-29(55-34(61)9-5-7-13-50)17-24(42(46,47)48)19-31(36)57-38(63)32(58-52)20-27(51)37(62)56-30-18-23(41(43,44)45)16-28(54-33(60)8-4-6-12-49)35(30)65-25-10-14-53-21-25/h16-19,25-26,32,51-53H,4-15,20-22,49-50H2,1-3H3,(H,54,60)(H,55,61)(H,56,62)(H,57,63). The van der Waals surface area contributed by atoms with Crippen molar-refractivity contribution in [1.29, 1.82) is 10.9 Å². The van der Waals surface area contributed by atoms with E-state index in [-0.39, 0.29) is 64.2 Å². The monoisotopic (exact) mass is 957 g/mol. The van der Waals surface area contributed by atoms with Crippen LogP contribution in [-0.2, 0) is 36.3 Å². The molecular weight excluding hydrogens is 901 g/mol. The van der Waals surface area contributed by atoms with Crippen molar-refractivity contribution in [2.24, 2.45) is 16.6 Å². The Kier molecular flexibility index (Phi) is 18.8. The van der Waals surface area contributed by atoms with Crippen molar-refractivity contribution < 1.29 is 64.5 Å². The molecule has 25 heteroatoms. The first-order chi connectivity index (χ1) is 31.4. The molecule has 5 amide bonds. The van der Waals surface area contributed by atoms with Crippen LogP contribution in [0.4, 0.5) is 53.9 Å². The molecule has 11 N–H and O–H groups in total. The van der Waals surface area contributed by atoms with Crippen molar-refractivity contribution >= 4 is 58.2 Å². The largest absolute Gasteiger partial charge is 0.485 e. The zero-order chi connectivity index (χ0) is 49.7. The van der Waals surface area contributed by atoms with Gasteiger partial charge in [0.1, 0.15) is 17.8 Å². The number of amides is 5. The Morgan fingerprint density at radius 3 is 1.72 bits per heavy atom. The Morgan fingerprint density at radius 1 is 0.776 bits per heavy atom. The van der Waals surface area contributed by atoms with Gasteiger partial charge < -0.3 is 57.2 Å². The number of carbonyl (C=O) groups excluding carboxylic acids is 5. The molecule has 2 saturated heterocycles. The van der Waals surface area contributed by atoms with Gasteiger partial charge in [0.15, 0.2) is 17.5 Å². The highest BCUT2D eigenvalue weighted by Crippen LogP contribution is 2.44. The van der Waals surface area contributed by atoms with Crippen LogP contribution in [0, 0.1) is 10.9 Å². The van der Waals surface area contributed by atoms with E-state index in [2.05, 4.69) is 31.7 Å². The van der Waals surface area contributed by atoms with Gasteiger partial charge in [0, 0.05) is 38.8 Å². The summed E-state index contributed by atoms with van der Waals surface area (Å²) in [5, 5.41) is 23.9. The maximum Gasteiger partial charge on any atom is 0.416 e. The highest BCUT2D eigenvalue weighted by atomic mass is 19.4. The molecular formula is C42H57F6N11O8. The van der Waals surface area contributed by atoms with E-state index in [1.807, 2.05) is 0 Å². The predicted octanol–water partition coefficient (Wildman–Crippen LogP) is 6.37. The summed E-state index contributed by atoms with van der Waals surface area (Å²) in [6, 6.07) is 0.266. The number of nitrogens with zero attached hydrogens (tertiary/aromatic N) is 2. The molecule has 0 saturated carbocycles. The van der Waals surface area contributed by atoms with Gasteiger partial charge in [0.05, 0.1) is 46.1 Å². The zero-order valence-corrected chi connectivity index (χ0v) is 37.2. The van der Waals surface area contributed by atoms with Gasteiger partial charge in [0.25, 0.3) is 11.8 Å². The number of benzene rings is 2. The van der Waals surface area contributed by atoms with Crippen molar-refractivity contribution in [2.75, 3.05) is 60.5 Å². The third-order valence-electron chi connectivity index (χ3n) is 10.1. The first-order valence-corrected chi connectivity index (χ1v) is 21.5. The third-order valence-corrected chi connectivity index (χ3v) is 10.1. The van der Waals surface area contributed by atoms with Crippen molar-refractivity contribution in [3.8, 4) is 11.5 Å². The molecule has 19 nitrogen and oxygen atoms in total. The van der Waals surface area contributed by atoms with E-state index in [1.54, 1.807) is 20.8 Å². The lowest BCUT2D eigenvalue weighted by molar-refractivity contribution is -0.138. The Labute approximate surface area is 382 Å². The summed E-state index contributed by atoms with van der Waals surface area (Å²) in [6.07, 6.45) is -11.5. The fourth-order valence-corrected chi connectivity index (χ4v) is 6.77. The zero-order valence-electron chi connectivity index (χ0n) is 37.2. The molecule has 67 heavy (non-hydrogen) atoms. The first kappa shape index (κ1) is 53.5. The molecule has 0 aromatic heterocycles. The van der Waals surface area contributed by atoms with E-state index < -0.39 is 118 Å². The maximum atomic E-state index is 14.4. The van der Waals surface area contributed by atoms with Gasteiger partial charge in [0.2, 0.25) is 11.8 Å². The number of halogens is 6. The second-order valence-electron chi connectivity index (χ2n) is 16.8. The molecule has 2 fully saturated rings. The third kappa shape index (κ3) is 16.3. The summed E-state index contributed by atoms with van der Waals surface area (Å²) in [5.41, 5.74) is 12.0. The number of nitrogens with one attached hydrogen (secondary N) is 7. The average molecular weight is 958 g/mol. The maximum absolute atomic E-state index is 14.4. The summed E-state index contributed by atoms with van der Waals surface area (Å²) in [4.78, 5) is 67.2. The van der Waals surface area contributed by atoms with Crippen molar-refractivity contribution in [3.05, 3.63) is 35.4 Å². The Hall–Kier alpha value is -6.08. The van der Waals surface area contributed by atoms with Gasteiger partial charge in [-0.3, -0.25) is 24.6 Å². The van der Waals surface area contributed by atoms with Crippen molar-refractivity contribution in [2.45, 2.75) is 115 Å². The first-order valence-electron chi connectivity index (χ1n) is 21.5. The number of rotatable bonds is 21. The number of hydrogen-bond acceptors (Lipinski definition) is 14. The number of alkyl halides is 6. The van der Waals surface area contributed by atoms with Crippen LogP contribution < -0.4 is 47.5 Å². The summed E-state index contributed by atoms with van der Waals surface area (Å²) in [6.45, 7) is 6.24. The van der Waals surface area contributed by atoms with Crippen molar-refractivity contribution in [1.82, 2.24) is 10.2 Å². The number of anilines is 4. The summed E-state index contributed by atoms with van der Waals surface area (Å²) >= 11 is 0. The molecule has 0 spiro atoms. The molecule has 370 valence electrons. The molecule has 0 aliphatic carbocycles. The summed E-state index contributed by atoms with van der Waals surface area (Å²) in [7, 11) is 0. The molecule has 0 bridgehead atoms. The quantitative estimate of drug-likeness (QED) is 0.0287. The molecule has 2 aliphatic heterocycles. The Bertz CT molecular complexity index is 2130. The van der Waals surface area contributed by atoms with Crippen LogP contribution in [0.2, 0.25) is 0 Å². The van der Waals surface area contributed by atoms with Gasteiger partial charge in [-0.15, -0.1) is 0 Å². The van der Waals surface area contributed by atoms with Crippen LogP contribution in [0.25, 0.3) is 0 Å². The van der Waals surface area contributed by atoms with E-state index in [1.165, 1.54) is 4.90 Å². The van der Waals surface area contributed by atoms with E-state index in [9.17, 15) is 50.3 Å². The Morgan fingerprint density at radius 2 is 1.27 bits per heavy atom. The van der Waals surface area contributed by atoms with Crippen molar-refractivity contribution in [3.63, 3.8) is 0 Å². The minimum atomic E-state index is -5.05. The smallest absolute Gasteiger partial charge is 0.416 e. The number of unbranched alkanes of at least 4 members (excludes halogenated alkanes) is 2. The van der Waals surface area contributed by atoms with Gasteiger partial charge in [-0.2, -0.15) is 31.5 Å². The summed E-state index contributed by atoms with van der Waals surface area (Å²) < 4.78 is 103. The van der Waals surface area contributed by atoms with E-state index >= 15 is 0 Å². The van der Waals surface area contributed by atoms with Crippen LogP contribution in [0.5, 0.6) is 11.5 Å². The molecule has 3 atom stereocenters. The number of ether oxygens (including phenoxy) is 3. The van der Waals surface area contributed by atoms with Crippen LogP contribution in [0.1, 0.15) is 89.7 Å². The van der Waals surface area contributed by atoms with Gasteiger partial charge in [-0.1, -0.05) is 0 Å². The SMILES string of the molecule is CC(C)(C)OC(=O)N1CCC(Oc2c(NC(=O)CCCCN)cc(C(F)(F)F)cc2NC(=O)C(CC(=N)C(=O)Nc2cc(C(F)(F)F)cc(NC(=O)CCCCN)c2OC2CCNC2)N=N)C1. The van der Waals surface area contributed by atoms with E-state index in [4.69, 9.17) is 36.6 Å². The fraction of sp³-hybridized carbons (Fsp3) is 0.571. The van der Waals surface area contributed by atoms with Crippen LogP contribution in [0.15, 0.2) is 29.4 Å². The Balaban J connectivity index is 1.65. The van der Waals surface area contributed by atoms with Gasteiger partial charge in [-0.25, -0.2) is 10.3 Å². The predicted molar refractivity (Wildman–Crippen MR) is 233 cm³/mol. The lowest BCUT2D eigenvalue weighted by atomic mass is 10.1. The number of carbonyl (C=O) groups is 5. The highest BCUT2D eigenvalue weighted by Gasteiger charge is 2.38. The van der Waals surface area contributed by atoms with E-state index in [0.29, 0.717) is 56.5 Å². The van der Waals surface area contributed by atoms with Gasteiger partial charge >= 0.3 is 18.4 Å². The second kappa shape index (κ2) is 23.6. The number of nitrogens with two attached hydrogens (primary N) is 2. The highest BCUT2D eigenvalue weighted by molar-refractivity contribution is 6.42. The second-order valence-corrected chi connectivity index (χ2v) is 16.8. The number of hydrogen-bond donors (Lipinski definition) is 9.